The maximum absolute atomic E-state index is 12.9. The van der Waals surface area contributed by atoms with E-state index < -0.39 is 17.6 Å². The van der Waals surface area contributed by atoms with Crippen LogP contribution >= 0.6 is 15.9 Å². The molecule has 0 aliphatic carbocycles. The number of aromatic carboxylic acids is 1. The van der Waals surface area contributed by atoms with Crippen LogP contribution in [-0.2, 0) is 0 Å². The summed E-state index contributed by atoms with van der Waals surface area (Å²) in [5.41, 5.74) is -0.445. The highest BCUT2D eigenvalue weighted by atomic mass is 79.9. The van der Waals surface area contributed by atoms with Crippen molar-refractivity contribution < 1.29 is 18.7 Å². The number of halogens is 3. The molecule has 0 radical (unpaired) electrons. The van der Waals surface area contributed by atoms with Gasteiger partial charge in [0.05, 0.1) is 10.0 Å². The van der Waals surface area contributed by atoms with Gasteiger partial charge in [-0.1, -0.05) is 0 Å². The van der Waals surface area contributed by atoms with Crippen LogP contribution in [0.2, 0.25) is 0 Å². The molecule has 0 atom stereocenters. The van der Waals surface area contributed by atoms with E-state index in [1.165, 1.54) is 6.92 Å². The summed E-state index contributed by atoms with van der Waals surface area (Å²) < 4.78 is 25.6. The van der Waals surface area contributed by atoms with E-state index in [2.05, 4.69) is 15.9 Å². The van der Waals surface area contributed by atoms with Crippen LogP contribution in [0.3, 0.4) is 0 Å². The summed E-state index contributed by atoms with van der Waals surface area (Å²) in [6.45, 7) is 1.22. The van der Waals surface area contributed by atoms with Crippen LogP contribution in [0.25, 0.3) is 0 Å². The van der Waals surface area contributed by atoms with Crippen molar-refractivity contribution >= 4 is 21.9 Å². The van der Waals surface area contributed by atoms with Crippen LogP contribution in [-0.4, -0.2) is 11.1 Å². The molecule has 1 aromatic rings. The molecule has 1 N–H and O–H groups in total. The average molecular weight is 251 g/mol. The molecule has 1 rings (SSSR count). The predicted molar refractivity (Wildman–Crippen MR) is 45.8 cm³/mol. The van der Waals surface area contributed by atoms with E-state index in [1.807, 2.05) is 0 Å². The zero-order valence-corrected chi connectivity index (χ0v) is 8.15. The minimum Gasteiger partial charge on any atom is -0.478 e. The van der Waals surface area contributed by atoms with E-state index >= 15 is 0 Å². The van der Waals surface area contributed by atoms with E-state index in [0.717, 1.165) is 6.07 Å². The second-order valence-corrected chi connectivity index (χ2v) is 3.32. The molecule has 0 spiro atoms. The van der Waals surface area contributed by atoms with Gasteiger partial charge < -0.3 is 5.11 Å². The van der Waals surface area contributed by atoms with Crippen LogP contribution < -0.4 is 0 Å². The summed E-state index contributed by atoms with van der Waals surface area (Å²) in [7, 11) is 0. The Morgan fingerprint density at radius 1 is 1.46 bits per heavy atom. The molecule has 0 saturated carbocycles. The normalized spacial score (nSPS) is 10.2. The van der Waals surface area contributed by atoms with Crippen LogP contribution in [0, 0.1) is 18.6 Å². The van der Waals surface area contributed by atoms with Crippen LogP contribution in [0.5, 0.6) is 0 Å². The molecule has 1 aromatic carbocycles. The van der Waals surface area contributed by atoms with Crippen LogP contribution in [0.1, 0.15) is 15.9 Å². The number of carbonyl (C=O) groups is 1. The van der Waals surface area contributed by atoms with Gasteiger partial charge in [0, 0.05) is 5.56 Å². The lowest BCUT2D eigenvalue weighted by Gasteiger charge is -2.04. The quantitative estimate of drug-likeness (QED) is 0.779. The summed E-state index contributed by atoms with van der Waals surface area (Å²) >= 11 is 2.72. The molecular formula is C8H5BrF2O2. The average Bonchev–Trinajstić information content (AvgIpc) is 2.07. The molecule has 2 nitrogen and oxygen atoms in total. The number of carboxylic acid groups (broad SMARTS) is 1. The first-order valence-electron chi connectivity index (χ1n) is 3.32. The highest BCUT2D eigenvalue weighted by Gasteiger charge is 2.17. The molecule has 0 bridgehead atoms. The van der Waals surface area contributed by atoms with Crippen molar-refractivity contribution in [3.05, 3.63) is 33.3 Å². The van der Waals surface area contributed by atoms with Gasteiger partial charge >= 0.3 is 5.97 Å². The molecule has 0 fully saturated rings. The second-order valence-electron chi connectivity index (χ2n) is 2.46. The highest BCUT2D eigenvalue weighted by molar-refractivity contribution is 9.10. The van der Waals surface area contributed by atoms with E-state index in [1.54, 1.807) is 0 Å². The zero-order valence-electron chi connectivity index (χ0n) is 6.57. The zero-order chi connectivity index (χ0) is 10.2. The second kappa shape index (κ2) is 3.41. The third kappa shape index (κ3) is 1.70. The molecule has 0 amide bonds. The number of hydrogen-bond acceptors (Lipinski definition) is 1. The molecule has 0 aliphatic heterocycles. The molecule has 0 aromatic heterocycles. The lowest BCUT2D eigenvalue weighted by Crippen LogP contribution is -2.04. The minimum absolute atomic E-state index is 0.187. The minimum atomic E-state index is -1.28. The summed E-state index contributed by atoms with van der Waals surface area (Å²) in [5, 5.41) is 8.60. The van der Waals surface area contributed by atoms with Crippen LogP contribution in [0.15, 0.2) is 10.5 Å². The molecule has 13 heavy (non-hydrogen) atoms. The molecular weight excluding hydrogens is 246 g/mol. The van der Waals surface area contributed by atoms with E-state index in [9.17, 15) is 13.6 Å². The fraction of sp³-hybridized carbons (Fsp3) is 0.125. The lowest BCUT2D eigenvalue weighted by atomic mass is 10.1. The third-order valence-electron chi connectivity index (χ3n) is 1.64. The lowest BCUT2D eigenvalue weighted by molar-refractivity contribution is 0.0695. The number of rotatable bonds is 1. The highest BCUT2D eigenvalue weighted by Crippen LogP contribution is 2.24. The Hall–Kier alpha value is -0.970. The van der Waals surface area contributed by atoms with Crippen LogP contribution in [0.4, 0.5) is 8.78 Å². The fourth-order valence-corrected chi connectivity index (χ4v) is 1.31. The molecule has 0 aliphatic rings. The first-order chi connectivity index (χ1) is 5.95. The van der Waals surface area contributed by atoms with Gasteiger partial charge in [0.15, 0.2) is 11.6 Å². The van der Waals surface area contributed by atoms with Crippen molar-refractivity contribution in [2.75, 3.05) is 0 Å². The number of hydrogen-bond donors (Lipinski definition) is 1. The summed E-state index contributed by atoms with van der Waals surface area (Å²) in [4.78, 5) is 10.5. The van der Waals surface area contributed by atoms with Gasteiger partial charge in [0.1, 0.15) is 0 Å². The van der Waals surface area contributed by atoms with Gasteiger partial charge in [-0.05, 0) is 28.9 Å². The molecule has 5 heteroatoms. The smallest absolute Gasteiger partial charge is 0.336 e. The van der Waals surface area contributed by atoms with Crippen molar-refractivity contribution in [3.8, 4) is 0 Å². The predicted octanol–water partition coefficient (Wildman–Crippen LogP) is 2.73. The largest absolute Gasteiger partial charge is 0.478 e. The Bertz CT molecular complexity index is 377. The van der Waals surface area contributed by atoms with E-state index in [0.29, 0.717) is 0 Å². The Labute approximate surface area is 81.3 Å². The van der Waals surface area contributed by atoms with Gasteiger partial charge in [-0.3, -0.25) is 0 Å². The summed E-state index contributed by atoms with van der Waals surface area (Å²) in [5.74, 6) is -3.48. The molecule has 0 saturated heterocycles. The Morgan fingerprint density at radius 3 is 2.46 bits per heavy atom. The Morgan fingerprint density at radius 2 is 2.00 bits per heavy atom. The van der Waals surface area contributed by atoms with Gasteiger partial charge in [0.2, 0.25) is 0 Å². The van der Waals surface area contributed by atoms with E-state index in [4.69, 9.17) is 5.11 Å². The van der Waals surface area contributed by atoms with Gasteiger partial charge in [0.25, 0.3) is 0 Å². The standard InChI is InChI=1S/C8H5BrF2O2/c1-3-4(8(12)13)2-5(9)7(11)6(3)10/h2H,1H3,(H,12,13). The number of carboxylic acids is 1. The Balaban J connectivity index is 3.50. The van der Waals surface area contributed by atoms with Crippen molar-refractivity contribution in [2.24, 2.45) is 0 Å². The molecule has 0 unspecified atom stereocenters. The monoisotopic (exact) mass is 250 g/mol. The molecule has 70 valence electrons. The van der Waals surface area contributed by atoms with E-state index in [-0.39, 0.29) is 15.6 Å². The Kier molecular flexibility index (Phi) is 2.66. The maximum Gasteiger partial charge on any atom is 0.336 e. The van der Waals surface area contributed by atoms with Crippen molar-refractivity contribution in [1.29, 1.82) is 0 Å². The topological polar surface area (TPSA) is 37.3 Å². The SMILES string of the molecule is Cc1c(C(=O)O)cc(Br)c(F)c1F. The summed E-state index contributed by atoms with van der Waals surface area (Å²) in [6.07, 6.45) is 0. The first-order valence-corrected chi connectivity index (χ1v) is 4.12. The number of benzene rings is 1. The van der Waals surface area contributed by atoms with Crippen molar-refractivity contribution in [2.45, 2.75) is 6.92 Å². The van der Waals surface area contributed by atoms with Gasteiger partial charge in [-0.25, -0.2) is 13.6 Å². The summed E-state index contributed by atoms with van der Waals surface area (Å²) in [6, 6.07) is 1.04. The fourth-order valence-electron chi connectivity index (χ4n) is 0.908. The van der Waals surface area contributed by atoms with Crippen molar-refractivity contribution in [3.63, 3.8) is 0 Å². The van der Waals surface area contributed by atoms with Gasteiger partial charge in [-0.2, -0.15) is 0 Å². The first kappa shape index (κ1) is 10.1. The van der Waals surface area contributed by atoms with Crippen molar-refractivity contribution in [1.82, 2.24) is 0 Å². The van der Waals surface area contributed by atoms with Gasteiger partial charge in [-0.15, -0.1) is 0 Å². The maximum atomic E-state index is 12.9. The third-order valence-corrected chi connectivity index (χ3v) is 2.21. The molecule has 0 heterocycles.